The van der Waals surface area contributed by atoms with E-state index < -0.39 is 24.0 Å². The van der Waals surface area contributed by atoms with Gasteiger partial charge in [0.2, 0.25) is 5.82 Å². The molecule has 1 aromatic carbocycles. The van der Waals surface area contributed by atoms with Crippen molar-refractivity contribution < 1.29 is 26.7 Å². The summed E-state index contributed by atoms with van der Waals surface area (Å²) in [7, 11) is 0. The number of nitrogens with zero attached hydrogens (tertiary/aromatic N) is 5. The number of alkyl halides is 5. The Morgan fingerprint density at radius 1 is 0.949 bits per heavy atom. The van der Waals surface area contributed by atoms with Crippen LogP contribution in [0, 0.1) is 0 Å². The van der Waals surface area contributed by atoms with E-state index in [1.165, 1.54) is 6.42 Å². The third-order valence-electron chi connectivity index (χ3n) is 7.62. The molecule has 39 heavy (non-hydrogen) atoms. The van der Waals surface area contributed by atoms with Crippen molar-refractivity contribution in [2.24, 2.45) is 0 Å². The monoisotopic (exact) mass is 547 g/mol. The van der Waals surface area contributed by atoms with Crippen LogP contribution in [-0.4, -0.2) is 57.7 Å². The molecule has 1 unspecified atom stereocenters. The van der Waals surface area contributed by atoms with Crippen molar-refractivity contribution in [3.8, 4) is 0 Å². The van der Waals surface area contributed by atoms with Gasteiger partial charge in [0.15, 0.2) is 5.78 Å². The third-order valence-corrected chi connectivity index (χ3v) is 7.62. The maximum Gasteiger partial charge on any atom is 0.451 e. The minimum absolute atomic E-state index is 0.0599. The average Bonchev–Trinajstić information content (AvgIpc) is 2.93. The van der Waals surface area contributed by atoms with Crippen molar-refractivity contribution in [1.82, 2.24) is 19.9 Å². The number of halogens is 5. The average molecular weight is 548 g/mol. The quantitative estimate of drug-likeness (QED) is 0.250. The number of fused-ring (bicyclic) bond motifs is 1. The number of likely N-dealkylation sites (tertiary alicyclic amines) is 1. The second kappa shape index (κ2) is 11.1. The van der Waals surface area contributed by atoms with E-state index in [0.29, 0.717) is 11.1 Å². The number of pyridine rings is 1. The fourth-order valence-corrected chi connectivity index (χ4v) is 5.47. The summed E-state index contributed by atoms with van der Waals surface area (Å²) in [5.41, 5.74) is 1.60. The predicted octanol–water partition coefficient (Wildman–Crippen LogP) is 6.47. The highest BCUT2D eigenvalue weighted by atomic mass is 19.4. The van der Waals surface area contributed by atoms with Crippen LogP contribution in [0.2, 0.25) is 0 Å². The number of piperidine rings is 2. The zero-order valence-corrected chi connectivity index (χ0v) is 21.4. The molecule has 5 rings (SSSR count). The van der Waals surface area contributed by atoms with Crippen LogP contribution in [0.15, 0.2) is 42.7 Å². The van der Waals surface area contributed by atoms with Gasteiger partial charge in [-0.3, -0.25) is 9.69 Å². The molecule has 2 fully saturated rings. The zero-order chi connectivity index (χ0) is 27.6. The molecule has 0 aliphatic carbocycles. The maximum absolute atomic E-state index is 13.8. The lowest BCUT2D eigenvalue weighted by Gasteiger charge is -2.37. The molecule has 2 aliphatic heterocycles. The number of hydrogen-bond donors (Lipinski definition) is 0. The molecule has 2 aromatic heterocycles. The van der Waals surface area contributed by atoms with Gasteiger partial charge in [-0.15, -0.1) is 0 Å². The first kappa shape index (κ1) is 27.4. The van der Waals surface area contributed by atoms with Gasteiger partial charge in [-0.05, 0) is 43.9 Å². The standard InChI is InChI=1S/C28H30F5N5O/c29-27(30)11-15-37(16-12-27)23(19-17-34-26(35-18-19)28(31,32)33)8-9-24(39)21-5-4-6-22-20(21)7-10-25(36-22)38-13-2-1-3-14-38/h4-7,10,17-18,23H,1-3,8-9,11-16H2. The highest BCUT2D eigenvalue weighted by Crippen LogP contribution is 2.35. The van der Waals surface area contributed by atoms with Crippen LogP contribution in [-0.2, 0) is 6.18 Å². The number of benzene rings is 1. The Morgan fingerprint density at radius 3 is 2.31 bits per heavy atom. The number of anilines is 1. The number of carbonyl (C=O) groups is 1. The van der Waals surface area contributed by atoms with E-state index in [2.05, 4.69) is 14.9 Å². The van der Waals surface area contributed by atoms with Gasteiger partial charge < -0.3 is 4.90 Å². The van der Waals surface area contributed by atoms with Crippen molar-refractivity contribution in [2.75, 3.05) is 31.1 Å². The lowest BCUT2D eigenvalue weighted by atomic mass is 9.94. The molecule has 1 atom stereocenters. The second-order valence-electron chi connectivity index (χ2n) is 10.3. The Labute approximate surface area is 223 Å². The highest BCUT2D eigenvalue weighted by Gasteiger charge is 2.38. The van der Waals surface area contributed by atoms with Gasteiger partial charge in [-0.2, -0.15) is 13.2 Å². The molecule has 4 heterocycles. The summed E-state index contributed by atoms with van der Waals surface area (Å²) in [4.78, 5) is 29.1. The van der Waals surface area contributed by atoms with E-state index in [0.717, 1.165) is 55.0 Å². The summed E-state index contributed by atoms with van der Waals surface area (Å²) in [5.74, 6) is -3.31. The predicted molar refractivity (Wildman–Crippen MR) is 137 cm³/mol. The molecule has 3 aromatic rings. The van der Waals surface area contributed by atoms with Crippen molar-refractivity contribution in [3.63, 3.8) is 0 Å². The largest absolute Gasteiger partial charge is 0.451 e. The molecule has 2 saturated heterocycles. The third kappa shape index (κ3) is 6.34. The Morgan fingerprint density at radius 2 is 1.64 bits per heavy atom. The Hall–Kier alpha value is -3.21. The van der Waals surface area contributed by atoms with E-state index in [1.54, 1.807) is 17.0 Å². The van der Waals surface area contributed by atoms with Gasteiger partial charge in [-0.1, -0.05) is 12.1 Å². The summed E-state index contributed by atoms with van der Waals surface area (Å²) in [6.07, 6.45) is 0.538. The van der Waals surface area contributed by atoms with Gasteiger partial charge in [0, 0.05) is 80.4 Å². The normalized spacial score (nSPS) is 19.3. The van der Waals surface area contributed by atoms with Crippen LogP contribution < -0.4 is 4.90 Å². The van der Waals surface area contributed by atoms with Gasteiger partial charge in [0.25, 0.3) is 5.92 Å². The molecule has 0 saturated carbocycles. The van der Waals surface area contributed by atoms with Crippen LogP contribution in [0.5, 0.6) is 0 Å². The first-order valence-corrected chi connectivity index (χ1v) is 13.3. The Bertz CT molecular complexity index is 1300. The van der Waals surface area contributed by atoms with E-state index in [1.807, 2.05) is 18.2 Å². The second-order valence-corrected chi connectivity index (χ2v) is 10.3. The maximum atomic E-state index is 13.8. The summed E-state index contributed by atoms with van der Waals surface area (Å²) < 4.78 is 66.6. The molecule has 0 bridgehead atoms. The fraction of sp³-hybridized carbons (Fsp3) is 0.500. The molecule has 2 aliphatic rings. The lowest BCUT2D eigenvalue weighted by Crippen LogP contribution is -2.41. The topological polar surface area (TPSA) is 62.2 Å². The van der Waals surface area contributed by atoms with Crippen LogP contribution >= 0.6 is 0 Å². The Kier molecular flexibility index (Phi) is 7.80. The lowest BCUT2D eigenvalue weighted by molar-refractivity contribution is -0.145. The molecule has 0 N–H and O–H groups in total. The zero-order valence-electron chi connectivity index (χ0n) is 21.4. The molecule has 0 radical (unpaired) electrons. The fourth-order valence-electron chi connectivity index (χ4n) is 5.47. The molecular formula is C28H30F5N5O. The van der Waals surface area contributed by atoms with Crippen LogP contribution in [0.4, 0.5) is 27.8 Å². The van der Waals surface area contributed by atoms with Gasteiger partial charge in [0.05, 0.1) is 5.52 Å². The molecular weight excluding hydrogens is 517 g/mol. The number of ketones is 1. The number of aromatic nitrogens is 3. The van der Waals surface area contributed by atoms with Gasteiger partial charge >= 0.3 is 6.18 Å². The van der Waals surface area contributed by atoms with Crippen LogP contribution in [0.25, 0.3) is 10.9 Å². The first-order chi connectivity index (χ1) is 18.6. The van der Waals surface area contributed by atoms with Gasteiger partial charge in [0.1, 0.15) is 5.82 Å². The SMILES string of the molecule is O=C(CCC(c1cnc(C(F)(F)F)nc1)N1CCC(F)(F)CC1)c1cccc2nc(N3CCCCC3)ccc12. The van der Waals surface area contributed by atoms with Gasteiger partial charge in [-0.25, -0.2) is 23.7 Å². The molecule has 6 nitrogen and oxygen atoms in total. The minimum Gasteiger partial charge on any atom is -0.357 e. The Balaban J connectivity index is 1.35. The van der Waals surface area contributed by atoms with Crippen LogP contribution in [0.3, 0.4) is 0 Å². The van der Waals surface area contributed by atoms with Crippen molar-refractivity contribution >= 4 is 22.5 Å². The number of hydrogen-bond acceptors (Lipinski definition) is 6. The van der Waals surface area contributed by atoms with E-state index in [9.17, 15) is 26.7 Å². The molecule has 208 valence electrons. The summed E-state index contributed by atoms with van der Waals surface area (Å²) in [6, 6.07) is 8.68. The van der Waals surface area contributed by atoms with Crippen LogP contribution in [0.1, 0.15) is 72.7 Å². The number of Topliss-reactive ketones (excluding diaryl/α,β-unsaturated/α-hetero) is 1. The molecule has 0 spiro atoms. The number of carbonyl (C=O) groups excluding carboxylic acids is 1. The summed E-state index contributed by atoms with van der Waals surface area (Å²) in [5, 5.41) is 0.732. The molecule has 11 heteroatoms. The van der Waals surface area contributed by atoms with E-state index in [-0.39, 0.29) is 44.6 Å². The van der Waals surface area contributed by atoms with Crippen molar-refractivity contribution in [3.05, 3.63) is 59.7 Å². The van der Waals surface area contributed by atoms with E-state index in [4.69, 9.17) is 4.98 Å². The minimum atomic E-state index is -4.69. The molecule has 0 amide bonds. The first-order valence-electron chi connectivity index (χ1n) is 13.3. The van der Waals surface area contributed by atoms with E-state index >= 15 is 0 Å². The van der Waals surface area contributed by atoms with Crippen molar-refractivity contribution in [2.45, 2.75) is 63.1 Å². The summed E-state index contributed by atoms with van der Waals surface area (Å²) >= 11 is 0. The highest BCUT2D eigenvalue weighted by molar-refractivity contribution is 6.07. The summed E-state index contributed by atoms with van der Waals surface area (Å²) in [6.45, 7) is 2.03. The van der Waals surface area contributed by atoms with Crippen molar-refractivity contribution in [1.29, 1.82) is 0 Å². The smallest absolute Gasteiger partial charge is 0.357 e. The number of rotatable bonds is 7.